The second-order valence-corrected chi connectivity index (χ2v) is 8.96. The molecule has 0 saturated heterocycles. The standard InChI is InChI=1S/C19H14N4O3S3/c24-17(11-29-19-21-20-18(26-19)16-6-3-9-28-16)23-13(14-4-1-7-25-14)10-12(22-23)15-5-2-8-27-15/h1-9,13H,10-11H2/t13-/m1/s1. The van der Waals surface area contributed by atoms with E-state index in [1.54, 1.807) is 17.6 Å². The molecule has 4 aromatic heterocycles. The van der Waals surface area contributed by atoms with Crippen molar-refractivity contribution in [3.8, 4) is 10.8 Å². The molecule has 0 aliphatic carbocycles. The summed E-state index contributed by atoms with van der Waals surface area (Å²) in [7, 11) is 0. The van der Waals surface area contributed by atoms with Crippen LogP contribution in [0.1, 0.15) is 23.1 Å². The van der Waals surface area contributed by atoms with Crippen LogP contribution in [0, 0.1) is 0 Å². The van der Waals surface area contributed by atoms with E-state index >= 15 is 0 Å². The van der Waals surface area contributed by atoms with Gasteiger partial charge >= 0.3 is 0 Å². The average Bonchev–Trinajstić information content (AvgIpc) is 3.56. The lowest BCUT2D eigenvalue weighted by Crippen LogP contribution is -2.28. The van der Waals surface area contributed by atoms with Crippen LogP contribution in [-0.4, -0.2) is 32.6 Å². The van der Waals surface area contributed by atoms with E-state index in [-0.39, 0.29) is 17.7 Å². The number of furan rings is 1. The second-order valence-electron chi connectivity index (χ2n) is 6.14. The van der Waals surface area contributed by atoms with Crippen LogP contribution >= 0.6 is 34.4 Å². The Labute approximate surface area is 178 Å². The second kappa shape index (κ2) is 7.97. The van der Waals surface area contributed by atoms with Gasteiger partial charge in [-0.2, -0.15) is 5.10 Å². The first-order chi connectivity index (χ1) is 14.3. The van der Waals surface area contributed by atoms with Gasteiger partial charge in [0.15, 0.2) is 0 Å². The number of hydrogen-bond donors (Lipinski definition) is 0. The molecule has 146 valence electrons. The lowest BCUT2D eigenvalue weighted by molar-refractivity contribution is -0.130. The summed E-state index contributed by atoms with van der Waals surface area (Å²) in [4.78, 5) is 14.9. The number of nitrogens with zero attached hydrogens (tertiary/aromatic N) is 4. The molecule has 1 amide bonds. The van der Waals surface area contributed by atoms with E-state index in [1.807, 2.05) is 47.2 Å². The average molecular weight is 443 g/mol. The molecule has 0 spiro atoms. The molecule has 0 saturated carbocycles. The fourth-order valence-electron chi connectivity index (χ4n) is 2.99. The molecule has 1 atom stereocenters. The van der Waals surface area contributed by atoms with Gasteiger partial charge in [0.2, 0.25) is 0 Å². The summed E-state index contributed by atoms with van der Waals surface area (Å²) in [5.74, 6) is 1.18. The van der Waals surface area contributed by atoms with E-state index in [0.717, 1.165) is 21.2 Å². The molecular formula is C19H14N4O3S3. The van der Waals surface area contributed by atoms with Crippen molar-refractivity contribution in [3.63, 3.8) is 0 Å². The fraction of sp³-hybridized carbons (Fsp3) is 0.158. The molecule has 0 bridgehead atoms. The molecule has 5 rings (SSSR count). The van der Waals surface area contributed by atoms with Gasteiger partial charge < -0.3 is 8.83 Å². The van der Waals surface area contributed by atoms with Crippen molar-refractivity contribution in [1.82, 2.24) is 15.2 Å². The largest absolute Gasteiger partial charge is 0.467 e. The minimum Gasteiger partial charge on any atom is -0.467 e. The minimum atomic E-state index is -0.250. The molecule has 0 aromatic carbocycles. The quantitative estimate of drug-likeness (QED) is 0.394. The molecule has 0 radical (unpaired) electrons. The first-order valence-electron chi connectivity index (χ1n) is 8.75. The van der Waals surface area contributed by atoms with Gasteiger partial charge in [-0.15, -0.1) is 32.9 Å². The Morgan fingerprint density at radius 1 is 1.14 bits per heavy atom. The zero-order valence-corrected chi connectivity index (χ0v) is 17.4. The molecule has 0 unspecified atom stereocenters. The van der Waals surface area contributed by atoms with Crippen LogP contribution in [-0.2, 0) is 4.79 Å². The number of rotatable bonds is 6. The number of carbonyl (C=O) groups excluding carboxylic acids is 1. The molecule has 0 N–H and O–H groups in total. The van der Waals surface area contributed by atoms with Gasteiger partial charge in [0.05, 0.1) is 27.5 Å². The summed E-state index contributed by atoms with van der Waals surface area (Å²) in [6, 6.07) is 11.3. The van der Waals surface area contributed by atoms with Crippen LogP contribution in [0.2, 0.25) is 0 Å². The first kappa shape index (κ1) is 18.3. The first-order valence-corrected chi connectivity index (χ1v) is 11.5. The van der Waals surface area contributed by atoms with Crippen LogP contribution in [0.15, 0.2) is 72.6 Å². The monoisotopic (exact) mass is 442 g/mol. The number of hydrogen-bond acceptors (Lipinski definition) is 9. The van der Waals surface area contributed by atoms with Crippen molar-refractivity contribution in [2.24, 2.45) is 5.10 Å². The number of carbonyl (C=O) groups is 1. The highest BCUT2D eigenvalue weighted by Crippen LogP contribution is 2.35. The van der Waals surface area contributed by atoms with Gasteiger partial charge in [0, 0.05) is 6.42 Å². The van der Waals surface area contributed by atoms with Gasteiger partial charge in [-0.25, -0.2) is 5.01 Å². The third-order valence-corrected chi connectivity index (χ3v) is 6.88. The number of aromatic nitrogens is 2. The zero-order valence-electron chi connectivity index (χ0n) is 14.9. The van der Waals surface area contributed by atoms with Crippen molar-refractivity contribution in [3.05, 3.63) is 64.1 Å². The lowest BCUT2D eigenvalue weighted by Gasteiger charge is -2.19. The van der Waals surface area contributed by atoms with Crippen LogP contribution in [0.25, 0.3) is 10.8 Å². The molecule has 7 nitrogen and oxygen atoms in total. The predicted octanol–water partition coefficient (Wildman–Crippen LogP) is 4.92. The van der Waals surface area contributed by atoms with Crippen LogP contribution in [0.4, 0.5) is 0 Å². The van der Waals surface area contributed by atoms with Gasteiger partial charge in [-0.05, 0) is 35.0 Å². The fourth-order valence-corrected chi connectivity index (χ4v) is 4.97. The summed E-state index contributed by atoms with van der Waals surface area (Å²) >= 11 is 4.34. The maximum Gasteiger partial charge on any atom is 0.277 e. The Hall–Kier alpha value is -2.69. The smallest absolute Gasteiger partial charge is 0.277 e. The zero-order chi connectivity index (χ0) is 19.6. The van der Waals surface area contributed by atoms with E-state index < -0.39 is 0 Å². The summed E-state index contributed by atoms with van der Waals surface area (Å²) in [5.41, 5.74) is 0.887. The number of amides is 1. The van der Waals surface area contributed by atoms with Crippen molar-refractivity contribution < 1.29 is 13.6 Å². The molecule has 4 aromatic rings. The highest BCUT2D eigenvalue weighted by Gasteiger charge is 2.35. The molecule has 1 aliphatic rings. The number of thiophene rings is 2. The maximum absolute atomic E-state index is 12.9. The highest BCUT2D eigenvalue weighted by molar-refractivity contribution is 7.99. The van der Waals surface area contributed by atoms with E-state index in [2.05, 4.69) is 15.3 Å². The van der Waals surface area contributed by atoms with E-state index in [9.17, 15) is 4.79 Å². The van der Waals surface area contributed by atoms with E-state index in [1.165, 1.54) is 28.1 Å². The molecule has 29 heavy (non-hydrogen) atoms. The Kier molecular flexibility index (Phi) is 5.04. The van der Waals surface area contributed by atoms with Crippen molar-refractivity contribution in [1.29, 1.82) is 0 Å². The van der Waals surface area contributed by atoms with E-state index in [4.69, 9.17) is 8.83 Å². The van der Waals surface area contributed by atoms with Gasteiger partial charge in [0.1, 0.15) is 11.8 Å². The molecular weight excluding hydrogens is 428 g/mol. The minimum absolute atomic E-state index is 0.140. The molecule has 5 heterocycles. The van der Waals surface area contributed by atoms with Crippen LogP contribution in [0.3, 0.4) is 0 Å². The predicted molar refractivity (Wildman–Crippen MR) is 112 cm³/mol. The van der Waals surface area contributed by atoms with Gasteiger partial charge in [-0.1, -0.05) is 23.9 Å². The van der Waals surface area contributed by atoms with Crippen LogP contribution in [0.5, 0.6) is 0 Å². The maximum atomic E-state index is 12.9. The Balaban J connectivity index is 1.31. The molecule has 1 aliphatic heterocycles. The highest BCUT2D eigenvalue weighted by atomic mass is 32.2. The topological polar surface area (TPSA) is 84.7 Å². The Bertz CT molecular complexity index is 1120. The number of thioether (sulfide) groups is 1. The third-order valence-electron chi connectivity index (χ3n) is 4.30. The SMILES string of the molecule is O=C(CSc1nnc(-c2cccs2)o1)N1N=C(c2cccs2)C[C@@H]1c1ccco1. The van der Waals surface area contributed by atoms with Crippen molar-refractivity contribution in [2.75, 3.05) is 5.75 Å². The lowest BCUT2D eigenvalue weighted by atomic mass is 10.1. The van der Waals surface area contributed by atoms with Crippen molar-refractivity contribution >= 4 is 46.1 Å². The van der Waals surface area contributed by atoms with Gasteiger partial charge in [0.25, 0.3) is 17.0 Å². The van der Waals surface area contributed by atoms with Gasteiger partial charge in [-0.3, -0.25) is 4.79 Å². The summed E-state index contributed by atoms with van der Waals surface area (Å²) < 4.78 is 11.2. The summed E-state index contributed by atoms with van der Waals surface area (Å²) in [6.07, 6.45) is 2.23. The normalized spacial score (nSPS) is 16.3. The molecule has 10 heteroatoms. The van der Waals surface area contributed by atoms with Crippen molar-refractivity contribution in [2.45, 2.75) is 17.7 Å². The Morgan fingerprint density at radius 3 is 2.69 bits per heavy atom. The summed E-state index contributed by atoms with van der Waals surface area (Å²) in [5, 5.41) is 18.5. The molecule has 0 fully saturated rings. The number of hydrazone groups is 1. The van der Waals surface area contributed by atoms with E-state index in [0.29, 0.717) is 17.5 Å². The summed E-state index contributed by atoms with van der Waals surface area (Å²) in [6.45, 7) is 0. The van der Waals surface area contributed by atoms with Crippen LogP contribution < -0.4 is 0 Å². The Morgan fingerprint density at radius 2 is 1.97 bits per heavy atom. The third kappa shape index (κ3) is 3.78.